The number of benzene rings is 2. The van der Waals surface area contributed by atoms with Crippen molar-refractivity contribution in [3.8, 4) is 11.5 Å². The molecule has 0 aliphatic carbocycles. The van der Waals surface area contributed by atoms with Crippen LogP contribution in [0.4, 0.5) is 8.78 Å². The summed E-state index contributed by atoms with van der Waals surface area (Å²) in [7, 11) is 3.35. The zero-order valence-electron chi connectivity index (χ0n) is 15.8. The van der Waals surface area contributed by atoms with Crippen molar-refractivity contribution in [2.45, 2.75) is 19.6 Å². The predicted octanol–water partition coefficient (Wildman–Crippen LogP) is 3.88. The molecule has 0 heterocycles. The molecule has 1 N–H and O–H groups in total. The Morgan fingerprint density at radius 1 is 1.11 bits per heavy atom. The number of methoxy groups -OCH3 is 1. The van der Waals surface area contributed by atoms with E-state index in [4.69, 9.17) is 9.47 Å². The van der Waals surface area contributed by atoms with Crippen LogP contribution in [0, 0.1) is 11.6 Å². The van der Waals surface area contributed by atoms with Crippen LogP contribution < -0.4 is 9.47 Å². The largest absolute Gasteiger partial charge is 0.493 e. The summed E-state index contributed by atoms with van der Waals surface area (Å²) < 4.78 is 37.3. The number of allylic oxidation sites excluding steroid dienone is 1. The highest BCUT2D eigenvalue weighted by atomic mass is 19.2. The Morgan fingerprint density at radius 3 is 2.56 bits per heavy atom. The monoisotopic (exact) mass is 377 g/mol. The first-order valence-electron chi connectivity index (χ1n) is 8.67. The van der Waals surface area contributed by atoms with Crippen LogP contribution in [0.25, 0.3) is 6.08 Å². The van der Waals surface area contributed by atoms with E-state index in [1.165, 1.54) is 6.07 Å². The summed E-state index contributed by atoms with van der Waals surface area (Å²) in [5, 5.41) is 10.2. The number of halogens is 2. The van der Waals surface area contributed by atoms with E-state index in [0.29, 0.717) is 30.2 Å². The van der Waals surface area contributed by atoms with Crippen LogP contribution in [0.3, 0.4) is 0 Å². The van der Waals surface area contributed by atoms with E-state index >= 15 is 0 Å². The van der Waals surface area contributed by atoms with Crippen molar-refractivity contribution in [1.82, 2.24) is 4.90 Å². The smallest absolute Gasteiger partial charge is 0.161 e. The Kier molecular flexibility index (Phi) is 7.76. The summed E-state index contributed by atoms with van der Waals surface area (Å²) >= 11 is 0. The molecule has 0 aliphatic heterocycles. The van der Waals surface area contributed by atoms with Gasteiger partial charge in [0.1, 0.15) is 12.7 Å². The lowest BCUT2D eigenvalue weighted by atomic mass is 10.2. The van der Waals surface area contributed by atoms with Crippen molar-refractivity contribution in [2.75, 3.05) is 27.3 Å². The zero-order chi connectivity index (χ0) is 19.8. The van der Waals surface area contributed by atoms with E-state index in [-0.39, 0.29) is 6.61 Å². The second-order valence-corrected chi connectivity index (χ2v) is 6.32. The van der Waals surface area contributed by atoms with Crippen LogP contribution in [0.15, 0.2) is 42.5 Å². The molecule has 0 aliphatic rings. The summed E-state index contributed by atoms with van der Waals surface area (Å²) in [5.74, 6) is -0.608. The fraction of sp³-hybridized carbons (Fsp3) is 0.333. The third-order valence-corrected chi connectivity index (χ3v) is 3.94. The highest BCUT2D eigenvalue weighted by molar-refractivity contribution is 5.55. The van der Waals surface area contributed by atoms with Gasteiger partial charge in [0.2, 0.25) is 0 Å². The highest BCUT2D eigenvalue weighted by Crippen LogP contribution is 2.28. The van der Waals surface area contributed by atoms with Crippen LogP contribution in [0.1, 0.15) is 18.1 Å². The molecule has 0 fully saturated rings. The SMILES string of the molecule is CC=Cc1ccc(OCC(O)CN(C)Cc2ccc(F)c(F)c2)c(OC)c1. The molecule has 0 saturated heterocycles. The van der Waals surface area contributed by atoms with Crippen LogP contribution >= 0.6 is 0 Å². The molecular formula is C21H25F2NO3. The minimum Gasteiger partial charge on any atom is -0.493 e. The van der Waals surface area contributed by atoms with Gasteiger partial charge in [-0.05, 0) is 49.4 Å². The molecule has 0 aromatic heterocycles. The standard InChI is InChI=1S/C21H25F2NO3/c1-4-5-15-7-9-20(21(11-15)26-3)27-14-17(25)13-24(2)12-16-6-8-18(22)19(23)10-16/h4-11,17,25H,12-14H2,1-3H3. The van der Waals surface area contributed by atoms with E-state index in [2.05, 4.69) is 0 Å². The summed E-state index contributed by atoms with van der Waals surface area (Å²) in [6.45, 7) is 2.72. The molecule has 0 amide bonds. The second kappa shape index (κ2) is 10.0. The number of ether oxygens (including phenoxy) is 2. The molecule has 0 radical (unpaired) electrons. The van der Waals surface area contributed by atoms with E-state index in [1.807, 2.05) is 36.1 Å². The first-order chi connectivity index (χ1) is 12.9. The van der Waals surface area contributed by atoms with Crippen LogP contribution in [-0.4, -0.2) is 43.4 Å². The topological polar surface area (TPSA) is 41.9 Å². The number of aliphatic hydroxyl groups is 1. The normalized spacial score (nSPS) is 12.6. The number of hydrogen-bond donors (Lipinski definition) is 1. The molecule has 0 saturated carbocycles. The maximum atomic E-state index is 13.3. The van der Waals surface area contributed by atoms with E-state index in [0.717, 1.165) is 17.7 Å². The Hall–Kier alpha value is -2.44. The fourth-order valence-electron chi connectivity index (χ4n) is 2.71. The fourth-order valence-corrected chi connectivity index (χ4v) is 2.71. The lowest BCUT2D eigenvalue weighted by molar-refractivity contribution is 0.0732. The quantitative estimate of drug-likeness (QED) is 0.720. The van der Waals surface area contributed by atoms with Gasteiger partial charge in [0.15, 0.2) is 23.1 Å². The van der Waals surface area contributed by atoms with E-state index in [9.17, 15) is 13.9 Å². The summed E-state index contributed by atoms with van der Waals surface area (Å²) in [4.78, 5) is 1.81. The van der Waals surface area contributed by atoms with Gasteiger partial charge in [-0.25, -0.2) is 8.78 Å². The van der Waals surface area contributed by atoms with Crippen LogP contribution in [0.2, 0.25) is 0 Å². The Labute approximate surface area is 158 Å². The second-order valence-electron chi connectivity index (χ2n) is 6.32. The molecule has 2 aromatic rings. The molecule has 1 atom stereocenters. The van der Waals surface area contributed by atoms with Gasteiger partial charge in [0.05, 0.1) is 7.11 Å². The van der Waals surface area contributed by atoms with Gasteiger partial charge < -0.3 is 14.6 Å². The average molecular weight is 377 g/mol. The molecule has 0 spiro atoms. The molecule has 0 bridgehead atoms. The molecule has 6 heteroatoms. The van der Waals surface area contributed by atoms with Gasteiger partial charge in [0, 0.05) is 13.1 Å². The first-order valence-corrected chi connectivity index (χ1v) is 8.67. The van der Waals surface area contributed by atoms with Crippen molar-refractivity contribution in [3.63, 3.8) is 0 Å². The van der Waals surface area contributed by atoms with Gasteiger partial charge in [0.25, 0.3) is 0 Å². The first kappa shape index (κ1) is 20.9. The maximum Gasteiger partial charge on any atom is 0.161 e. The molecule has 1 unspecified atom stereocenters. The van der Waals surface area contributed by atoms with Gasteiger partial charge in [-0.2, -0.15) is 0 Å². The zero-order valence-corrected chi connectivity index (χ0v) is 15.8. The summed E-state index contributed by atoms with van der Waals surface area (Å²) in [6.07, 6.45) is 3.14. The number of rotatable bonds is 9. The minimum absolute atomic E-state index is 0.0848. The average Bonchev–Trinajstić information content (AvgIpc) is 2.63. The maximum absolute atomic E-state index is 13.3. The molecule has 27 heavy (non-hydrogen) atoms. The molecule has 146 valence electrons. The number of nitrogens with zero attached hydrogens (tertiary/aromatic N) is 1. The Bertz CT molecular complexity index is 780. The van der Waals surface area contributed by atoms with E-state index < -0.39 is 17.7 Å². The van der Waals surface area contributed by atoms with Crippen molar-refractivity contribution in [2.24, 2.45) is 0 Å². The van der Waals surface area contributed by atoms with Gasteiger partial charge in [-0.15, -0.1) is 0 Å². The number of hydrogen-bond acceptors (Lipinski definition) is 4. The van der Waals surface area contributed by atoms with Gasteiger partial charge in [-0.3, -0.25) is 4.90 Å². The summed E-state index contributed by atoms with van der Waals surface area (Å²) in [5.41, 5.74) is 1.62. The lowest BCUT2D eigenvalue weighted by Gasteiger charge is -2.21. The number of likely N-dealkylation sites (N-methyl/N-ethyl adjacent to an activating group) is 1. The third kappa shape index (κ3) is 6.34. The third-order valence-electron chi connectivity index (χ3n) is 3.94. The van der Waals surface area contributed by atoms with Crippen molar-refractivity contribution >= 4 is 6.08 Å². The molecular weight excluding hydrogens is 352 g/mol. The summed E-state index contributed by atoms with van der Waals surface area (Å²) in [6, 6.07) is 9.34. The van der Waals surface area contributed by atoms with Crippen molar-refractivity contribution in [3.05, 3.63) is 65.2 Å². The Morgan fingerprint density at radius 2 is 1.89 bits per heavy atom. The van der Waals surface area contributed by atoms with Crippen LogP contribution in [0.5, 0.6) is 11.5 Å². The van der Waals surface area contributed by atoms with Gasteiger partial charge in [-0.1, -0.05) is 24.3 Å². The predicted molar refractivity (Wildman–Crippen MR) is 102 cm³/mol. The van der Waals surface area contributed by atoms with E-state index in [1.54, 1.807) is 20.2 Å². The van der Waals surface area contributed by atoms with Crippen LogP contribution in [-0.2, 0) is 6.54 Å². The van der Waals surface area contributed by atoms with Crippen molar-refractivity contribution in [1.29, 1.82) is 0 Å². The van der Waals surface area contributed by atoms with Crippen molar-refractivity contribution < 1.29 is 23.4 Å². The van der Waals surface area contributed by atoms with Gasteiger partial charge >= 0.3 is 0 Å². The lowest BCUT2D eigenvalue weighted by Crippen LogP contribution is -2.32. The Balaban J connectivity index is 1.88. The number of aliphatic hydroxyl groups excluding tert-OH is 1. The minimum atomic E-state index is -0.877. The molecule has 2 rings (SSSR count). The molecule has 4 nitrogen and oxygen atoms in total. The molecule has 2 aromatic carbocycles. The highest BCUT2D eigenvalue weighted by Gasteiger charge is 2.13.